The van der Waals surface area contributed by atoms with E-state index in [4.69, 9.17) is 23.7 Å². The molecule has 0 spiro atoms. The second kappa shape index (κ2) is 34.2. The monoisotopic (exact) mass is 1510 g/mol. The normalized spacial score (nSPS) is 32.6. The first kappa shape index (κ1) is 79.5. The van der Waals surface area contributed by atoms with Gasteiger partial charge in [-0.2, -0.15) is 0 Å². The van der Waals surface area contributed by atoms with Crippen molar-refractivity contribution < 1.29 is 23.7 Å². The SMILES string of the molecule is CC(C)(c1ccc(OCCC[Si](C)(C)CCC2CCC3CC3C2)cc1)c1ccc(OCCC[Si](C)(C)CCC2CCC3OC3C2)cc1.C[Si](C)(CCC1CCC2CC2C1)CC[Si](C)(C)CCC1CCC2OC2C1.C[Si](C)(CCC1CCC2CC2C1)c1ccc([Si](C)(C)CCC2CCC3OC3C2)cc1. The van der Waals surface area contributed by atoms with Gasteiger partial charge in [0, 0.05) is 37.7 Å². The number of ether oxygens (including phenoxy) is 5. The standard InChI is InChI=1S/C42H66O3Si2.C27H44OSi2.C23H44OSi2/c1-42(2,36-12-16-38(17-13-36)43-23-7-25-46(3,4)27-21-32-9-11-34-31-35(34)29-32)37-14-18-39(19-15-37)44-24-8-26-47(5,6)28-22-33-10-20-40-41(30-33)45-40;1-29(2,15-13-20-5-7-22-19-23(22)17-20)24-8-10-25(11-9-24)30(3,4)16-14-21-6-12-26-27(18-21)28-26;1-25(2,11-9-18-5-7-20-17-21(20)15-18)13-14-26(3,4)12-10-19-6-8-22-23(16-19)24-22/h12-19,32-35,40-41H,7-11,20-31H2,1-6H3;8-11,20-23,26-27H,5-7,12-19H2,1-4H3;18-23H,5-17H2,1-4H3. The van der Waals surface area contributed by atoms with Crippen molar-refractivity contribution in [3.05, 3.63) is 83.9 Å². The van der Waals surface area contributed by atoms with Gasteiger partial charge in [0.05, 0.1) is 66.0 Å². The lowest BCUT2D eigenvalue weighted by Gasteiger charge is -2.32. The summed E-state index contributed by atoms with van der Waals surface area (Å²) >= 11 is 0. The van der Waals surface area contributed by atoms with Gasteiger partial charge in [-0.05, 0) is 235 Å². The van der Waals surface area contributed by atoms with Gasteiger partial charge in [0.15, 0.2) is 0 Å². The van der Waals surface area contributed by atoms with Crippen LogP contribution >= 0.6 is 0 Å². The van der Waals surface area contributed by atoms with E-state index in [9.17, 15) is 0 Å². The van der Waals surface area contributed by atoms with Crippen molar-refractivity contribution in [1.29, 1.82) is 0 Å². The van der Waals surface area contributed by atoms with Crippen LogP contribution in [0.1, 0.15) is 211 Å². The van der Waals surface area contributed by atoms with Crippen LogP contribution in [0.25, 0.3) is 0 Å². The zero-order valence-electron chi connectivity index (χ0n) is 68.9. The molecule has 18 unspecified atom stereocenters. The Morgan fingerprint density at radius 1 is 0.291 bits per heavy atom. The van der Waals surface area contributed by atoms with Crippen molar-refractivity contribution in [2.75, 3.05) is 13.2 Å². The van der Waals surface area contributed by atoms with Crippen LogP contribution in [0.2, 0.25) is 139 Å². The largest absolute Gasteiger partial charge is 0.494 e. The van der Waals surface area contributed by atoms with Crippen molar-refractivity contribution in [2.45, 2.75) is 381 Å². The van der Waals surface area contributed by atoms with E-state index in [-0.39, 0.29) is 5.41 Å². The summed E-state index contributed by atoms with van der Waals surface area (Å²) in [7, 11) is -6.87. The third kappa shape index (κ3) is 24.0. The molecule has 576 valence electrons. The Balaban J connectivity index is 0.000000145. The molecule has 0 N–H and O–H groups in total. The minimum absolute atomic E-state index is 0.0774. The Morgan fingerprint density at radius 3 is 0.874 bits per heavy atom. The van der Waals surface area contributed by atoms with Gasteiger partial charge >= 0.3 is 0 Å². The zero-order chi connectivity index (χ0) is 72.4. The van der Waals surface area contributed by atoms with Crippen LogP contribution in [-0.2, 0) is 19.6 Å². The average Bonchev–Trinajstić information content (AvgIpc) is 1.08. The molecule has 0 aromatic heterocycles. The van der Waals surface area contributed by atoms with Crippen LogP contribution < -0.4 is 19.8 Å². The molecule has 3 aromatic rings. The van der Waals surface area contributed by atoms with E-state index in [0.29, 0.717) is 36.6 Å². The molecule has 5 nitrogen and oxygen atoms in total. The molecule has 9 aliphatic carbocycles. The predicted octanol–water partition coefficient (Wildman–Crippen LogP) is 25.2. The molecule has 3 aromatic carbocycles. The fraction of sp³-hybridized carbons (Fsp3) is 0.804. The maximum atomic E-state index is 6.22. The van der Waals surface area contributed by atoms with Gasteiger partial charge in [0.1, 0.15) is 11.5 Å². The minimum atomic E-state index is -1.33. The van der Waals surface area contributed by atoms with Crippen LogP contribution in [0.3, 0.4) is 0 Å². The summed E-state index contributed by atoms with van der Waals surface area (Å²) in [6, 6.07) is 42.8. The topological polar surface area (TPSA) is 56.1 Å². The molecule has 15 rings (SSSR count). The molecule has 3 aliphatic heterocycles. The summed E-state index contributed by atoms with van der Waals surface area (Å²) in [4.78, 5) is 0. The Kier molecular flexibility index (Phi) is 26.4. The van der Waals surface area contributed by atoms with Gasteiger partial charge in [0.25, 0.3) is 0 Å². The molecule has 103 heavy (non-hydrogen) atoms. The molecule has 0 radical (unpaired) electrons. The summed E-state index contributed by atoms with van der Waals surface area (Å²) in [6.07, 6.45) is 46.1. The van der Waals surface area contributed by atoms with E-state index < -0.39 is 48.4 Å². The van der Waals surface area contributed by atoms with E-state index in [2.05, 4.69) is 165 Å². The highest BCUT2D eigenvalue weighted by Crippen LogP contribution is 2.55. The second-order valence-electron chi connectivity index (χ2n) is 43.3. The Morgan fingerprint density at radius 2 is 0.573 bits per heavy atom. The molecule has 0 bridgehead atoms. The molecular weight excluding hydrogens is 1350 g/mol. The molecular formula is C92H154O5Si6. The number of epoxide rings is 3. The number of rotatable bonds is 35. The van der Waals surface area contributed by atoms with Crippen LogP contribution in [0, 0.1) is 71.0 Å². The highest BCUT2D eigenvalue weighted by molar-refractivity contribution is 6.91. The zero-order valence-corrected chi connectivity index (χ0v) is 74.9. The third-order valence-electron chi connectivity index (χ3n) is 31.2. The summed E-state index contributed by atoms with van der Waals surface area (Å²) in [5, 5.41) is 3.37. The van der Waals surface area contributed by atoms with Crippen molar-refractivity contribution >= 4 is 58.8 Å². The first-order chi connectivity index (χ1) is 49.1. The van der Waals surface area contributed by atoms with Gasteiger partial charge in [-0.3, -0.25) is 0 Å². The molecule has 0 amide bonds. The van der Waals surface area contributed by atoms with Crippen LogP contribution in [0.15, 0.2) is 72.8 Å². The van der Waals surface area contributed by atoms with E-state index in [0.717, 1.165) is 83.9 Å². The summed E-state index contributed by atoms with van der Waals surface area (Å²) < 4.78 is 29.7. The molecule has 9 saturated carbocycles. The van der Waals surface area contributed by atoms with Crippen LogP contribution in [0.5, 0.6) is 11.5 Å². The van der Waals surface area contributed by atoms with Crippen LogP contribution in [0.4, 0.5) is 0 Å². The average molecular weight is 1510 g/mol. The maximum absolute atomic E-state index is 6.22. The smallest absolute Gasteiger partial charge is 0.119 e. The predicted molar refractivity (Wildman–Crippen MR) is 456 cm³/mol. The van der Waals surface area contributed by atoms with Crippen LogP contribution in [-0.4, -0.2) is 98.3 Å². The van der Waals surface area contributed by atoms with E-state index in [1.54, 1.807) is 98.8 Å². The van der Waals surface area contributed by atoms with E-state index in [1.807, 2.05) is 0 Å². The lowest BCUT2D eigenvalue weighted by Crippen LogP contribution is -2.45. The van der Waals surface area contributed by atoms with Crippen molar-refractivity contribution in [2.24, 2.45) is 71.0 Å². The lowest BCUT2D eigenvalue weighted by molar-refractivity contribution is 0.316. The fourth-order valence-corrected chi connectivity index (χ4v) is 40.2. The Hall–Kier alpha value is -1.56. The van der Waals surface area contributed by atoms with E-state index >= 15 is 0 Å². The molecule has 11 heteroatoms. The van der Waals surface area contributed by atoms with Crippen molar-refractivity contribution in [1.82, 2.24) is 0 Å². The number of benzene rings is 3. The maximum Gasteiger partial charge on any atom is 0.119 e. The number of hydrogen-bond donors (Lipinski definition) is 0. The first-order valence-corrected chi connectivity index (χ1v) is 64.7. The molecule has 3 heterocycles. The molecule has 12 fully saturated rings. The third-order valence-corrected chi connectivity index (χ3v) is 51.7. The summed E-state index contributed by atoms with van der Waals surface area (Å²) in [6.45, 7) is 37.8. The number of hydrogen-bond acceptors (Lipinski definition) is 5. The van der Waals surface area contributed by atoms with E-state index in [1.165, 1.54) is 181 Å². The van der Waals surface area contributed by atoms with Gasteiger partial charge < -0.3 is 23.7 Å². The first-order valence-electron chi connectivity index (χ1n) is 44.6. The highest BCUT2D eigenvalue weighted by Gasteiger charge is 2.48. The van der Waals surface area contributed by atoms with Gasteiger partial charge in [-0.25, -0.2) is 0 Å². The highest BCUT2D eigenvalue weighted by atomic mass is 28.3. The Labute approximate surface area is 638 Å². The molecule has 12 aliphatic rings. The second-order valence-corrected chi connectivity index (χ2v) is 74.3. The Bertz CT molecular complexity index is 2920. The van der Waals surface area contributed by atoms with Gasteiger partial charge in [-0.15, -0.1) is 0 Å². The van der Waals surface area contributed by atoms with Gasteiger partial charge in [0.2, 0.25) is 0 Å². The van der Waals surface area contributed by atoms with Crippen molar-refractivity contribution in [3.63, 3.8) is 0 Å². The summed E-state index contributed by atoms with van der Waals surface area (Å²) in [5.74, 6) is 14.9. The lowest BCUT2D eigenvalue weighted by atomic mass is 9.78. The van der Waals surface area contributed by atoms with Gasteiger partial charge in [-0.1, -0.05) is 270 Å². The minimum Gasteiger partial charge on any atom is -0.494 e. The fourth-order valence-electron chi connectivity index (χ4n) is 21.8. The number of fused-ring (bicyclic) bond motifs is 6. The quantitative estimate of drug-likeness (QED) is 0.0334. The van der Waals surface area contributed by atoms with Crippen molar-refractivity contribution in [3.8, 4) is 11.5 Å². The molecule has 18 atom stereocenters. The molecule has 3 saturated heterocycles. The summed E-state index contributed by atoms with van der Waals surface area (Å²) in [5.41, 5.74) is 2.55.